The predicted molar refractivity (Wildman–Crippen MR) is 60.2 cm³/mol. The molecule has 16 heavy (non-hydrogen) atoms. The van der Waals surface area contributed by atoms with E-state index in [9.17, 15) is 4.39 Å². The number of rotatable bonds is 6. The fourth-order valence-corrected chi connectivity index (χ4v) is 1.20. The minimum absolute atomic E-state index is 0. The normalized spacial score (nSPS) is 9.12. The molecular formula is C12H16BrFMgO. The third-order valence-corrected chi connectivity index (χ3v) is 1.97. The van der Waals surface area contributed by atoms with Gasteiger partial charge in [-0.05, 0) is 6.42 Å². The fraction of sp³-hybridized carbons (Fsp3) is 0.500. The van der Waals surface area contributed by atoms with Crippen molar-refractivity contribution in [1.82, 2.24) is 0 Å². The zero-order chi connectivity index (χ0) is 10.2. The summed E-state index contributed by atoms with van der Waals surface area (Å²) in [7, 11) is 0. The van der Waals surface area contributed by atoms with Gasteiger partial charge in [0.15, 0.2) is 0 Å². The molecule has 4 heteroatoms. The molecule has 0 aliphatic heterocycles. The molecule has 1 aromatic carbocycles. The Hall–Kier alpha value is 0.356. The van der Waals surface area contributed by atoms with E-state index in [2.05, 4.69) is 13.0 Å². The maximum atomic E-state index is 12.7. The van der Waals surface area contributed by atoms with Crippen LogP contribution in [0.4, 0.5) is 4.39 Å². The maximum Gasteiger partial charge on any atom is 2.00 e. The van der Waals surface area contributed by atoms with Crippen molar-refractivity contribution >= 4 is 23.1 Å². The molecule has 0 N–H and O–H groups in total. The summed E-state index contributed by atoms with van der Waals surface area (Å²) >= 11 is 0. The van der Waals surface area contributed by atoms with Crippen LogP contribution in [-0.2, 0) is 11.3 Å². The summed E-state index contributed by atoms with van der Waals surface area (Å²) in [5, 5.41) is 0. The van der Waals surface area contributed by atoms with E-state index in [0.717, 1.165) is 18.6 Å². The van der Waals surface area contributed by atoms with Crippen LogP contribution in [-0.4, -0.2) is 29.7 Å². The summed E-state index contributed by atoms with van der Waals surface area (Å²) in [5.74, 6) is -0.226. The monoisotopic (exact) mass is 298 g/mol. The van der Waals surface area contributed by atoms with E-state index in [1.54, 1.807) is 6.07 Å². The van der Waals surface area contributed by atoms with E-state index in [1.807, 2.05) is 0 Å². The number of benzene rings is 1. The molecule has 0 radical (unpaired) electrons. The molecule has 0 fully saturated rings. The van der Waals surface area contributed by atoms with Gasteiger partial charge in [0.25, 0.3) is 0 Å². The second-order valence-electron chi connectivity index (χ2n) is 3.29. The van der Waals surface area contributed by atoms with Crippen molar-refractivity contribution in [2.24, 2.45) is 0 Å². The van der Waals surface area contributed by atoms with Crippen LogP contribution < -0.4 is 17.0 Å². The van der Waals surface area contributed by atoms with Gasteiger partial charge in [-0.15, -0.1) is 17.7 Å². The second-order valence-corrected chi connectivity index (χ2v) is 3.29. The van der Waals surface area contributed by atoms with Crippen molar-refractivity contribution in [2.75, 3.05) is 6.61 Å². The third kappa shape index (κ3) is 8.50. The largest absolute Gasteiger partial charge is 2.00 e. The van der Waals surface area contributed by atoms with Gasteiger partial charge >= 0.3 is 23.1 Å². The van der Waals surface area contributed by atoms with E-state index in [1.165, 1.54) is 25.0 Å². The average Bonchev–Trinajstić information content (AvgIpc) is 2.18. The molecule has 0 bridgehead atoms. The molecule has 0 unspecified atom stereocenters. The first-order valence-electron chi connectivity index (χ1n) is 5.07. The van der Waals surface area contributed by atoms with Gasteiger partial charge in [-0.3, -0.25) is 0 Å². The minimum Gasteiger partial charge on any atom is -1.00 e. The third-order valence-electron chi connectivity index (χ3n) is 1.97. The number of ether oxygens (including phenoxy) is 1. The van der Waals surface area contributed by atoms with Crippen LogP contribution in [0.5, 0.6) is 0 Å². The summed E-state index contributed by atoms with van der Waals surface area (Å²) in [4.78, 5) is 0. The van der Waals surface area contributed by atoms with Gasteiger partial charge in [-0.2, -0.15) is 12.1 Å². The molecule has 0 aliphatic rings. The molecular weight excluding hydrogens is 283 g/mol. The van der Waals surface area contributed by atoms with Crippen molar-refractivity contribution < 1.29 is 26.1 Å². The van der Waals surface area contributed by atoms with Crippen LogP contribution >= 0.6 is 0 Å². The number of hydrogen-bond acceptors (Lipinski definition) is 1. The Labute approximate surface area is 124 Å². The van der Waals surface area contributed by atoms with E-state index in [4.69, 9.17) is 4.74 Å². The SMILES string of the molecule is CCCCCOCc1[c-]ccc(F)c1.[Br-].[Mg+2]. The zero-order valence-electron chi connectivity index (χ0n) is 9.64. The zero-order valence-corrected chi connectivity index (χ0v) is 12.6. The van der Waals surface area contributed by atoms with Crippen molar-refractivity contribution in [3.63, 3.8) is 0 Å². The maximum absolute atomic E-state index is 12.7. The van der Waals surface area contributed by atoms with Gasteiger partial charge in [-0.1, -0.05) is 19.8 Å². The van der Waals surface area contributed by atoms with Gasteiger partial charge in [0.05, 0.1) is 0 Å². The average molecular weight is 299 g/mol. The van der Waals surface area contributed by atoms with E-state index >= 15 is 0 Å². The fourth-order valence-electron chi connectivity index (χ4n) is 1.20. The van der Waals surface area contributed by atoms with Crippen molar-refractivity contribution in [1.29, 1.82) is 0 Å². The molecule has 1 aromatic rings. The van der Waals surface area contributed by atoms with Crippen LogP contribution in [0.3, 0.4) is 0 Å². The standard InChI is InChI=1S/C12H16FO.BrH.Mg/c1-2-3-4-8-14-10-11-6-5-7-12(13)9-11;;/h5,7,9H,2-4,8,10H2,1H3;1H;/q-1;;+2/p-1. The van der Waals surface area contributed by atoms with Gasteiger partial charge in [0, 0.05) is 19.0 Å². The first-order chi connectivity index (χ1) is 6.83. The Morgan fingerprint density at radius 3 is 2.75 bits per heavy atom. The second kappa shape index (κ2) is 11.8. The Morgan fingerprint density at radius 1 is 1.38 bits per heavy atom. The van der Waals surface area contributed by atoms with Gasteiger partial charge in [-0.25, -0.2) is 4.39 Å². The number of unbranched alkanes of at least 4 members (excludes halogenated alkanes) is 2. The quantitative estimate of drug-likeness (QED) is 0.407. The summed E-state index contributed by atoms with van der Waals surface area (Å²) in [6.07, 6.45) is 3.45. The Kier molecular flexibility index (Phi) is 13.8. The van der Waals surface area contributed by atoms with Gasteiger partial charge in [0.2, 0.25) is 0 Å². The molecule has 0 amide bonds. The van der Waals surface area contributed by atoms with E-state index < -0.39 is 0 Å². The summed E-state index contributed by atoms with van der Waals surface area (Å²) in [6.45, 7) is 3.36. The summed E-state index contributed by atoms with van der Waals surface area (Å²) < 4.78 is 18.1. The molecule has 0 aliphatic carbocycles. The number of halogens is 2. The topological polar surface area (TPSA) is 9.23 Å². The Morgan fingerprint density at radius 2 is 2.12 bits per heavy atom. The van der Waals surface area contributed by atoms with Crippen LogP contribution in [0, 0.1) is 11.9 Å². The molecule has 1 nitrogen and oxygen atoms in total. The molecule has 0 aromatic heterocycles. The van der Waals surface area contributed by atoms with Crippen molar-refractivity contribution in [3.8, 4) is 0 Å². The molecule has 0 saturated carbocycles. The van der Waals surface area contributed by atoms with Crippen molar-refractivity contribution in [3.05, 3.63) is 35.6 Å². The summed E-state index contributed by atoms with van der Waals surface area (Å²) in [5.41, 5.74) is 0.779. The summed E-state index contributed by atoms with van der Waals surface area (Å²) in [6, 6.07) is 7.37. The molecule has 86 valence electrons. The van der Waals surface area contributed by atoms with Crippen LogP contribution in [0.25, 0.3) is 0 Å². The minimum atomic E-state index is -0.226. The van der Waals surface area contributed by atoms with E-state index in [0.29, 0.717) is 6.61 Å². The van der Waals surface area contributed by atoms with Crippen LogP contribution in [0.15, 0.2) is 18.2 Å². The van der Waals surface area contributed by atoms with Gasteiger partial charge < -0.3 is 21.7 Å². The van der Waals surface area contributed by atoms with Gasteiger partial charge in [0.1, 0.15) is 0 Å². The molecule has 0 heterocycles. The molecule has 0 atom stereocenters. The first-order valence-corrected chi connectivity index (χ1v) is 5.07. The Balaban J connectivity index is 0. The smallest absolute Gasteiger partial charge is 1.00 e. The van der Waals surface area contributed by atoms with Crippen LogP contribution in [0.2, 0.25) is 0 Å². The molecule has 1 rings (SSSR count). The predicted octanol–water partition coefficient (Wildman–Crippen LogP) is -0.0441. The number of hydrogen-bond donors (Lipinski definition) is 0. The molecule has 0 saturated heterocycles. The van der Waals surface area contributed by atoms with E-state index in [-0.39, 0.29) is 45.9 Å². The Bertz CT molecular complexity index is 271. The molecule has 0 spiro atoms. The first kappa shape index (κ1) is 18.7. The van der Waals surface area contributed by atoms with Crippen molar-refractivity contribution in [2.45, 2.75) is 32.8 Å². The van der Waals surface area contributed by atoms with Crippen LogP contribution in [0.1, 0.15) is 31.7 Å².